The molecule has 2 N–H and O–H groups in total. The molecule has 2 aromatic rings. The maximum atomic E-state index is 11.2. The second kappa shape index (κ2) is 6.17. The van der Waals surface area contributed by atoms with Gasteiger partial charge in [0.05, 0.1) is 4.92 Å². The van der Waals surface area contributed by atoms with E-state index in [2.05, 4.69) is 34.4 Å². The molecular formula is C14H17N5O2. The zero-order valence-electron chi connectivity index (χ0n) is 12.1. The SMILES string of the molecule is CNc1ncnc(Nc2cccc(C(C)C)c2)c1[N+](=O)[O-]. The average Bonchev–Trinajstić information content (AvgIpc) is 2.46. The van der Waals surface area contributed by atoms with E-state index in [0.29, 0.717) is 5.92 Å². The summed E-state index contributed by atoms with van der Waals surface area (Å²) in [5, 5.41) is 16.9. The largest absolute Gasteiger partial charge is 0.367 e. The highest BCUT2D eigenvalue weighted by atomic mass is 16.6. The number of hydrogen-bond acceptors (Lipinski definition) is 6. The van der Waals surface area contributed by atoms with Crippen LogP contribution in [-0.2, 0) is 0 Å². The van der Waals surface area contributed by atoms with Gasteiger partial charge in [0.15, 0.2) is 0 Å². The van der Waals surface area contributed by atoms with Gasteiger partial charge in [-0.25, -0.2) is 9.97 Å². The van der Waals surface area contributed by atoms with Crippen molar-refractivity contribution in [2.24, 2.45) is 0 Å². The standard InChI is InChI=1S/C14H17N5O2/c1-9(2)10-5-4-6-11(7-10)18-14-12(19(20)21)13(15-3)16-8-17-14/h4-9H,1-3H3,(H2,15,16,17,18). The van der Waals surface area contributed by atoms with Crippen molar-refractivity contribution in [3.63, 3.8) is 0 Å². The van der Waals surface area contributed by atoms with E-state index in [1.807, 2.05) is 24.3 Å². The van der Waals surface area contributed by atoms with E-state index in [1.54, 1.807) is 7.05 Å². The predicted octanol–water partition coefficient (Wildman–Crippen LogP) is 3.29. The predicted molar refractivity (Wildman–Crippen MR) is 82.0 cm³/mol. The summed E-state index contributed by atoms with van der Waals surface area (Å²) >= 11 is 0. The number of nitrogens with zero attached hydrogens (tertiary/aromatic N) is 3. The highest BCUT2D eigenvalue weighted by Gasteiger charge is 2.22. The fourth-order valence-corrected chi connectivity index (χ4v) is 1.94. The van der Waals surface area contributed by atoms with E-state index >= 15 is 0 Å². The number of nitrogens with one attached hydrogen (secondary N) is 2. The third-order valence-electron chi connectivity index (χ3n) is 3.06. The average molecular weight is 287 g/mol. The molecule has 21 heavy (non-hydrogen) atoms. The van der Waals surface area contributed by atoms with Crippen LogP contribution in [0.15, 0.2) is 30.6 Å². The van der Waals surface area contributed by atoms with E-state index < -0.39 is 4.92 Å². The maximum absolute atomic E-state index is 11.2. The molecular weight excluding hydrogens is 270 g/mol. The molecule has 7 nitrogen and oxygen atoms in total. The molecule has 0 spiro atoms. The third-order valence-corrected chi connectivity index (χ3v) is 3.06. The molecule has 0 unspecified atom stereocenters. The highest BCUT2D eigenvalue weighted by Crippen LogP contribution is 2.31. The van der Waals surface area contributed by atoms with Crippen LogP contribution in [0.4, 0.5) is 23.0 Å². The number of rotatable bonds is 5. The first-order valence-electron chi connectivity index (χ1n) is 6.57. The van der Waals surface area contributed by atoms with Gasteiger partial charge in [0.1, 0.15) is 6.33 Å². The van der Waals surface area contributed by atoms with E-state index in [9.17, 15) is 10.1 Å². The topological polar surface area (TPSA) is 93.0 Å². The second-order valence-corrected chi connectivity index (χ2v) is 4.83. The number of benzene rings is 1. The van der Waals surface area contributed by atoms with Crippen molar-refractivity contribution in [2.75, 3.05) is 17.7 Å². The smallest absolute Gasteiger partial charge is 0.353 e. The van der Waals surface area contributed by atoms with Gasteiger partial charge in [0, 0.05) is 12.7 Å². The van der Waals surface area contributed by atoms with Crippen molar-refractivity contribution in [2.45, 2.75) is 19.8 Å². The molecule has 0 bridgehead atoms. The molecule has 0 aliphatic heterocycles. The summed E-state index contributed by atoms with van der Waals surface area (Å²) in [4.78, 5) is 18.5. The number of anilines is 3. The van der Waals surface area contributed by atoms with Gasteiger partial charge in [-0.15, -0.1) is 0 Å². The van der Waals surface area contributed by atoms with Crippen LogP contribution < -0.4 is 10.6 Å². The van der Waals surface area contributed by atoms with Crippen molar-refractivity contribution in [1.29, 1.82) is 0 Å². The highest BCUT2D eigenvalue weighted by molar-refractivity contribution is 5.73. The van der Waals surface area contributed by atoms with Gasteiger partial charge in [-0.05, 0) is 23.6 Å². The van der Waals surface area contributed by atoms with Crippen molar-refractivity contribution < 1.29 is 4.92 Å². The van der Waals surface area contributed by atoms with E-state index in [1.165, 1.54) is 6.33 Å². The molecule has 0 amide bonds. The molecule has 1 heterocycles. The van der Waals surface area contributed by atoms with Gasteiger partial charge >= 0.3 is 5.69 Å². The Bertz CT molecular complexity index is 658. The Morgan fingerprint density at radius 3 is 2.57 bits per heavy atom. The van der Waals surface area contributed by atoms with Crippen LogP contribution in [0.3, 0.4) is 0 Å². The van der Waals surface area contributed by atoms with E-state index in [-0.39, 0.29) is 17.3 Å². The Balaban J connectivity index is 2.40. The van der Waals surface area contributed by atoms with E-state index in [0.717, 1.165) is 11.3 Å². The number of nitro groups is 1. The lowest BCUT2D eigenvalue weighted by Crippen LogP contribution is -2.05. The minimum absolute atomic E-state index is 0.167. The molecule has 1 aromatic heterocycles. The lowest BCUT2D eigenvalue weighted by atomic mass is 10.0. The van der Waals surface area contributed by atoms with Crippen LogP contribution >= 0.6 is 0 Å². The number of aromatic nitrogens is 2. The Hall–Kier alpha value is -2.70. The summed E-state index contributed by atoms with van der Waals surface area (Å²) in [6, 6.07) is 7.72. The molecule has 0 saturated carbocycles. The molecule has 0 fully saturated rings. The minimum Gasteiger partial charge on any atom is -0.367 e. The molecule has 0 saturated heterocycles. The van der Waals surface area contributed by atoms with Crippen molar-refractivity contribution in [3.8, 4) is 0 Å². The van der Waals surface area contributed by atoms with Gasteiger partial charge in [-0.1, -0.05) is 26.0 Å². The third kappa shape index (κ3) is 3.25. The van der Waals surface area contributed by atoms with Crippen molar-refractivity contribution >= 4 is 23.0 Å². The summed E-state index contributed by atoms with van der Waals surface area (Å²) in [5.74, 6) is 0.720. The maximum Gasteiger partial charge on any atom is 0.353 e. The molecule has 110 valence electrons. The van der Waals surface area contributed by atoms with Crippen molar-refractivity contribution in [3.05, 3.63) is 46.3 Å². The summed E-state index contributed by atoms with van der Waals surface area (Å²) in [7, 11) is 1.58. The van der Waals surface area contributed by atoms with Gasteiger partial charge in [0.25, 0.3) is 0 Å². The summed E-state index contributed by atoms with van der Waals surface area (Å²) in [6.07, 6.45) is 1.29. The van der Waals surface area contributed by atoms with Crippen LogP contribution in [0.25, 0.3) is 0 Å². The Kier molecular flexibility index (Phi) is 4.32. The van der Waals surface area contributed by atoms with E-state index in [4.69, 9.17) is 0 Å². The first-order chi connectivity index (χ1) is 10.0. The first kappa shape index (κ1) is 14.7. The summed E-state index contributed by atoms with van der Waals surface area (Å²) in [6.45, 7) is 4.18. The molecule has 0 aliphatic rings. The first-order valence-corrected chi connectivity index (χ1v) is 6.57. The Morgan fingerprint density at radius 1 is 1.24 bits per heavy atom. The van der Waals surface area contributed by atoms with Gasteiger partial charge in [-0.2, -0.15) is 0 Å². The molecule has 0 atom stereocenters. The van der Waals surface area contributed by atoms with Gasteiger partial charge in [-0.3, -0.25) is 10.1 Å². The summed E-state index contributed by atoms with van der Waals surface area (Å²) < 4.78 is 0. The van der Waals surface area contributed by atoms with Crippen LogP contribution in [0.2, 0.25) is 0 Å². The normalized spacial score (nSPS) is 10.5. The molecule has 0 aliphatic carbocycles. The fourth-order valence-electron chi connectivity index (χ4n) is 1.94. The molecule has 0 radical (unpaired) electrons. The second-order valence-electron chi connectivity index (χ2n) is 4.83. The monoisotopic (exact) mass is 287 g/mol. The molecule has 1 aromatic carbocycles. The zero-order chi connectivity index (χ0) is 15.4. The zero-order valence-corrected chi connectivity index (χ0v) is 12.1. The summed E-state index contributed by atoms with van der Waals surface area (Å²) in [5.41, 5.74) is 1.73. The van der Waals surface area contributed by atoms with Crippen LogP contribution in [0.5, 0.6) is 0 Å². The Morgan fingerprint density at radius 2 is 1.95 bits per heavy atom. The quantitative estimate of drug-likeness (QED) is 0.647. The molecule has 7 heteroatoms. The van der Waals surface area contributed by atoms with Crippen LogP contribution in [0.1, 0.15) is 25.3 Å². The van der Waals surface area contributed by atoms with Gasteiger partial charge in [0.2, 0.25) is 11.6 Å². The van der Waals surface area contributed by atoms with Crippen molar-refractivity contribution in [1.82, 2.24) is 9.97 Å². The van der Waals surface area contributed by atoms with Crippen LogP contribution in [-0.4, -0.2) is 21.9 Å². The fraction of sp³-hybridized carbons (Fsp3) is 0.286. The lowest BCUT2D eigenvalue weighted by molar-refractivity contribution is -0.383. The molecule has 2 rings (SSSR count). The minimum atomic E-state index is -0.500. The number of hydrogen-bond donors (Lipinski definition) is 2. The van der Waals surface area contributed by atoms with Crippen LogP contribution in [0, 0.1) is 10.1 Å². The van der Waals surface area contributed by atoms with Gasteiger partial charge < -0.3 is 10.6 Å². The Labute approximate surface area is 122 Å². The lowest BCUT2D eigenvalue weighted by Gasteiger charge is -2.11.